The molecule has 1 N–H and O–H groups in total. The van der Waals surface area contributed by atoms with E-state index in [2.05, 4.69) is 15.3 Å². The SMILES string of the molecule is CC(C(=O)NCc1nc(-c2ccncc2)cs1)C1CCOCC1. The molecule has 0 aromatic carbocycles. The number of nitrogens with zero attached hydrogens (tertiary/aromatic N) is 2. The van der Waals surface area contributed by atoms with Crippen molar-refractivity contribution in [2.45, 2.75) is 26.3 Å². The Morgan fingerprint density at radius 3 is 2.87 bits per heavy atom. The van der Waals surface area contributed by atoms with E-state index >= 15 is 0 Å². The Morgan fingerprint density at radius 1 is 1.39 bits per heavy atom. The van der Waals surface area contributed by atoms with E-state index in [4.69, 9.17) is 4.74 Å². The topological polar surface area (TPSA) is 64.1 Å². The fraction of sp³-hybridized carbons (Fsp3) is 0.471. The quantitative estimate of drug-likeness (QED) is 0.915. The first-order valence-corrected chi connectivity index (χ1v) is 8.82. The number of pyridine rings is 1. The van der Waals surface area contributed by atoms with Crippen LogP contribution in [0.4, 0.5) is 0 Å². The van der Waals surface area contributed by atoms with Gasteiger partial charge >= 0.3 is 0 Å². The van der Waals surface area contributed by atoms with Crippen LogP contribution in [-0.2, 0) is 16.1 Å². The number of aromatic nitrogens is 2. The zero-order valence-electron chi connectivity index (χ0n) is 13.2. The van der Waals surface area contributed by atoms with Crippen LogP contribution >= 0.6 is 11.3 Å². The Hall–Kier alpha value is -1.79. The molecule has 3 rings (SSSR count). The van der Waals surface area contributed by atoms with Gasteiger partial charge in [-0.1, -0.05) is 6.92 Å². The first-order chi connectivity index (χ1) is 11.2. The maximum atomic E-state index is 12.3. The lowest BCUT2D eigenvalue weighted by Crippen LogP contribution is -2.35. The molecule has 0 bridgehead atoms. The van der Waals surface area contributed by atoms with Crippen molar-refractivity contribution in [2.24, 2.45) is 11.8 Å². The summed E-state index contributed by atoms with van der Waals surface area (Å²) in [6.07, 6.45) is 5.45. The Bertz CT molecular complexity index is 638. The van der Waals surface area contributed by atoms with Gasteiger partial charge in [0.1, 0.15) is 5.01 Å². The smallest absolute Gasteiger partial charge is 0.223 e. The molecule has 2 aromatic heterocycles. The lowest BCUT2D eigenvalue weighted by Gasteiger charge is -2.26. The van der Waals surface area contributed by atoms with Crippen LogP contribution in [0.15, 0.2) is 29.9 Å². The van der Waals surface area contributed by atoms with Gasteiger partial charge in [0, 0.05) is 42.5 Å². The number of hydrogen-bond acceptors (Lipinski definition) is 5. The van der Waals surface area contributed by atoms with Crippen LogP contribution in [-0.4, -0.2) is 29.1 Å². The third-order valence-corrected chi connectivity index (χ3v) is 5.18. The highest BCUT2D eigenvalue weighted by Crippen LogP contribution is 2.24. The molecule has 1 fully saturated rings. The van der Waals surface area contributed by atoms with Crippen molar-refractivity contribution in [3.8, 4) is 11.3 Å². The highest BCUT2D eigenvalue weighted by Gasteiger charge is 2.25. The number of amides is 1. The molecule has 1 amide bonds. The highest BCUT2D eigenvalue weighted by molar-refractivity contribution is 7.09. The molecule has 3 heterocycles. The summed E-state index contributed by atoms with van der Waals surface area (Å²) in [4.78, 5) is 20.9. The van der Waals surface area contributed by atoms with Gasteiger partial charge in [0.05, 0.1) is 12.2 Å². The van der Waals surface area contributed by atoms with Gasteiger partial charge in [0.2, 0.25) is 5.91 Å². The van der Waals surface area contributed by atoms with Gasteiger partial charge in [0.15, 0.2) is 0 Å². The normalized spacial score (nSPS) is 16.9. The summed E-state index contributed by atoms with van der Waals surface area (Å²) < 4.78 is 5.36. The summed E-state index contributed by atoms with van der Waals surface area (Å²) >= 11 is 1.57. The highest BCUT2D eigenvalue weighted by atomic mass is 32.1. The van der Waals surface area contributed by atoms with Crippen molar-refractivity contribution in [1.29, 1.82) is 0 Å². The first kappa shape index (κ1) is 16.1. The van der Waals surface area contributed by atoms with Crippen LogP contribution in [0.2, 0.25) is 0 Å². The van der Waals surface area contributed by atoms with Crippen molar-refractivity contribution in [3.63, 3.8) is 0 Å². The molecule has 1 atom stereocenters. The maximum Gasteiger partial charge on any atom is 0.223 e. The fourth-order valence-electron chi connectivity index (χ4n) is 2.80. The molecule has 1 aliphatic heterocycles. The number of rotatable bonds is 5. The zero-order chi connectivity index (χ0) is 16.1. The second kappa shape index (κ2) is 7.66. The van der Waals surface area contributed by atoms with Crippen molar-refractivity contribution in [1.82, 2.24) is 15.3 Å². The van der Waals surface area contributed by atoms with E-state index in [0.717, 1.165) is 42.3 Å². The van der Waals surface area contributed by atoms with Crippen molar-refractivity contribution in [3.05, 3.63) is 34.9 Å². The van der Waals surface area contributed by atoms with Crippen molar-refractivity contribution >= 4 is 17.2 Å². The molecule has 0 aliphatic carbocycles. The predicted octanol–water partition coefficient (Wildman–Crippen LogP) is 2.88. The molecular weight excluding hydrogens is 310 g/mol. The van der Waals surface area contributed by atoms with Crippen LogP contribution < -0.4 is 5.32 Å². The second-order valence-electron chi connectivity index (χ2n) is 5.82. The van der Waals surface area contributed by atoms with Crippen LogP contribution in [0.5, 0.6) is 0 Å². The summed E-state index contributed by atoms with van der Waals surface area (Å²) in [5.74, 6) is 0.559. The minimum Gasteiger partial charge on any atom is -0.381 e. The molecule has 0 saturated carbocycles. The minimum atomic E-state index is 0.0264. The third-order valence-electron chi connectivity index (χ3n) is 4.33. The van der Waals surface area contributed by atoms with E-state index in [1.54, 1.807) is 23.7 Å². The van der Waals surface area contributed by atoms with Gasteiger partial charge in [-0.15, -0.1) is 11.3 Å². The van der Waals surface area contributed by atoms with Gasteiger partial charge < -0.3 is 10.1 Å². The van der Waals surface area contributed by atoms with Crippen molar-refractivity contribution in [2.75, 3.05) is 13.2 Å². The lowest BCUT2D eigenvalue weighted by molar-refractivity contribution is -0.127. The summed E-state index contributed by atoms with van der Waals surface area (Å²) in [6.45, 7) is 4.03. The molecule has 1 unspecified atom stereocenters. The number of carbonyl (C=O) groups is 1. The molecule has 2 aromatic rings. The molecule has 1 saturated heterocycles. The molecule has 23 heavy (non-hydrogen) atoms. The van der Waals surface area contributed by atoms with Gasteiger partial charge in [-0.05, 0) is 30.9 Å². The van der Waals surface area contributed by atoms with E-state index in [1.165, 1.54) is 0 Å². The Labute approximate surface area is 140 Å². The lowest BCUT2D eigenvalue weighted by atomic mass is 9.87. The molecule has 0 radical (unpaired) electrons. The van der Waals surface area contributed by atoms with Gasteiger partial charge in [0.25, 0.3) is 0 Å². The van der Waals surface area contributed by atoms with E-state index in [-0.39, 0.29) is 11.8 Å². The average molecular weight is 331 g/mol. The van der Waals surface area contributed by atoms with E-state index in [1.807, 2.05) is 24.4 Å². The summed E-state index contributed by atoms with van der Waals surface area (Å²) in [5.41, 5.74) is 1.98. The second-order valence-corrected chi connectivity index (χ2v) is 6.76. The van der Waals surface area contributed by atoms with Crippen LogP contribution in [0.25, 0.3) is 11.3 Å². The predicted molar refractivity (Wildman–Crippen MR) is 89.9 cm³/mol. The van der Waals surface area contributed by atoms with E-state index in [9.17, 15) is 4.79 Å². The van der Waals surface area contributed by atoms with Crippen LogP contribution in [0.3, 0.4) is 0 Å². The minimum absolute atomic E-state index is 0.0264. The van der Waals surface area contributed by atoms with Gasteiger partial charge in [-0.3, -0.25) is 9.78 Å². The Morgan fingerprint density at radius 2 is 2.13 bits per heavy atom. The molecule has 0 spiro atoms. The fourth-order valence-corrected chi connectivity index (χ4v) is 3.54. The molecular formula is C17H21N3O2S. The summed E-state index contributed by atoms with van der Waals surface area (Å²) in [6, 6.07) is 3.87. The number of hydrogen-bond donors (Lipinski definition) is 1. The van der Waals surface area contributed by atoms with Crippen LogP contribution in [0.1, 0.15) is 24.8 Å². The number of carbonyl (C=O) groups excluding carboxylic acids is 1. The number of nitrogens with one attached hydrogen (secondary N) is 1. The molecule has 5 nitrogen and oxygen atoms in total. The van der Waals surface area contributed by atoms with E-state index in [0.29, 0.717) is 12.5 Å². The summed E-state index contributed by atoms with van der Waals surface area (Å²) in [7, 11) is 0. The van der Waals surface area contributed by atoms with Gasteiger partial charge in [-0.25, -0.2) is 4.98 Å². The monoisotopic (exact) mass is 331 g/mol. The Kier molecular flexibility index (Phi) is 5.35. The number of ether oxygens (including phenoxy) is 1. The van der Waals surface area contributed by atoms with Gasteiger partial charge in [-0.2, -0.15) is 0 Å². The van der Waals surface area contributed by atoms with Crippen molar-refractivity contribution < 1.29 is 9.53 Å². The number of thiazole rings is 1. The standard InChI is InChI=1S/C17H21N3O2S/c1-12(13-4-8-22-9-5-13)17(21)19-10-16-20-15(11-23-16)14-2-6-18-7-3-14/h2-3,6-7,11-13H,4-5,8-10H2,1H3,(H,19,21). The zero-order valence-corrected chi connectivity index (χ0v) is 14.0. The first-order valence-electron chi connectivity index (χ1n) is 7.94. The Balaban J connectivity index is 1.54. The summed E-state index contributed by atoms with van der Waals surface area (Å²) in [5, 5.41) is 5.95. The molecule has 6 heteroatoms. The maximum absolute atomic E-state index is 12.3. The van der Waals surface area contributed by atoms with Crippen LogP contribution in [0, 0.1) is 11.8 Å². The largest absolute Gasteiger partial charge is 0.381 e. The molecule has 1 aliphatic rings. The third kappa shape index (κ3) is 4.14. The van der Waals surface area contributed by atoms with E-state index < -0.39 is 0 Å². The molecule has 122 valence electrons. The average Bonchev–Trinajstić information content (AvgIpc) is 3.09.